The zero-order chi connectivity index (χ0) is 14.1. The maximum atomic E-state index is 4.34. The molecule has 0 aromatic carbocycles. The second-order valence-corrected chi connectivity index (χ2v) is 5.92. The van der Waals surface area contributed by atoms with Crippen molar-refractivity contribution in [2.75, 3.05) is 13.1 Å². The van der Waals surface area contributed by atoms with Crippen LogP contribution in [0.25, 0.3) is 0 Å². The Kier molecular flexibility index (Phi) is 3.61. The molecule has 0 amide bonds. The zero-order valence-electron chi connectivity index (χ0n) is 12.6. The highest BCUT2D eigenvalue weighted by molar-refractivity contribution is 5.20. The van der Waals surface area contributed by atoms with Gasteiger partial charge in [0.2, 0.25) is 0 Å². The number of hydrogen-bond acceptors (Lipinski definition) is 3. The zero-order valence-corrected chi connectivity index (χ0v) is 12.6. The molecule has 20 heavy (non-hydrogen) atoms. The third kappa shape index (κ3) is 2.50. The summed E-state index contributed by atoms with van der Waals surface area (Å²) in [5, 5.41) is 11.7. The minimum Gasteiger partial charge on any atom is -0.298 e. The van der Waals surface area contributed by atoms with Crippen LogP contribution in [0.4, 0.5) is 0 Å². The third-order valence-electron chi connectivity index (χ3n) is 4.51. The van der Waals surface area contributed by atoms with Crippen LogP contribution in [-0.4, -0.2) is 38.0 Å². The number of aromatic amines is 1. The van der Waals surface area contributed by atoms with E-state index in [1.165, 1.54) is 41.9 Å². The molecule has 1 atom stereocenters. The van der Waals surface area contributed by atoms with E-state index in [2.05, 4.69) is 34.0 Å². The highest BCUT2D eigenvalue weighted by atomic mass is 15.3. The first-order valence-corrected chi connectivity index (χ1v) is 7.35. The summed E-state index contributed by atoms with van der Waals surface area (Å²) < 4.78 is 1.95. The van der Waals surface area contributed by atoms with Crippen LogP contribution in [0.1, 0.15) is 41.3 Å². The van der Waals surface area contributed by atoms with E-state index in [9.17, 15) is 0 Å². The van der Waals surface area contributed by atoms with Gasteiger partial charge < -0.3 is 0 Å². The number of likely N-dealkylation sites (tertiary alicyclic amines) is 1. The molecule has 1 unspecified atom stereocenters. The lowest BCUT2D eigenvalue weighted by atomic mass is 9.92. The van der Waals surface area contributed by atoms with E-state index >= 15 is 0 Å². The molecular formula is C15H23N5. The molecule has 108 valence electrons. The van der Waals surface area contributed by atoms with Gasteiger partial charge in [0.1, 0.15) is 0 Å². The van der Waals surface area contributed by atoms with Crippen molar-refractivity contribution in [1.82, 2.24) is 24.9 Å². The Hall–Kier alpha value is -1.62. The largest absolute Gasteiger partial charge is 0.298 e. The predicted molar refractivity (Wildman–Crippen MR) is 78.5 cm³/mol. The second kappa shape index (κ2) is 5.40. The number of piperidine rings is 1. The summed E-state index contributed by atoms with van der Waals surface area (Å²) in [5.74, 6) is 0.586. The predicted octanol–water partition coefficient (Wildman–Crippen LogP) is 2.14. The number of aryl methyl sites for hydroxylation is 2. The Morgan fingerprint density at radius 2 is 2.20 bits per heavy atom. The lowest BCUT2D eigenvalue weighted by Gasteiger charge is -2.32. The molecule has 2 aromatic heterocycles. The van der Waals surface area contributed by atoms with Gasteiger partial charge >= 0.3 is 0 Å². The highest BCUT2D eigenvalue weighted by Gasteiger charge is 2.24. The Morgan fingerprint density at radius 1 is 1.35 bits per heavy atom. The Balaban J connectivity index is 1.69. The SMILES string of the molecule is Cc1cn[nH]c1C1CCCN(Cc2cnn(C)c2C)C1. The average molecular weight is 273 g/mol. The van der Waals surface area contributed by atoms with E-state index in [1.807, 2.05) is 24.1 Å². The molecule has 1 fully saturated rings. The first kappa shape index (κ1) is 13.4. The van der Waals surface area contributed by atoms with Gasteiger partial charge in [-0.25, -0.2) is 0 Å². The quantitative estimate of drug-likeness (QED) is 0.932. The molecule has 0 saturated carbocycles. The van der Waals surface area contributed by atoms with Crippen molar-refractivity contribution < 1.29 is 0 Å². The monoisotopic (exact) mass is 273 g/mol. The topological polar surface area (TPSA) is 49.7 Å². The molecule has 0 bridgehead atoms. The molecule has 3 rings (SSSR count). The van der Waals surface area contributed by atoms with Crippen molar-refractivity contribution in [2.45, 2.75) is 39.2 Å². The van der Waals surface area contributed by atoms with Crippen LogP contribution in [0.5, 0.6) is 0 Å². The van der Waals surface area contributed by atoms with Gasteiger partial charge in [0.05, 0.1) is 12.4 Å². The summed E-state index contributed by atoms with van der Waals surface area (Å²) in [5.41, 5.74) is 5.21. The Morgan fingerprint density at radius 3 is 2.85 bits per heavy atom. The third-order valence-corrected chi connectivity index (χ3v) is 4.51. The van der Waals surface area contributed by atoms with E-state index in [4.69, 9.17) is 0 Å². The van der Waals surface area contributed by atoms with E-state index in [1.54, 1.807) is 0 Å². The number of aromatic nitrogens is 4. The molecule has 2 aromatic rings. The van der Waals surface area contributed by atoms with Crippen LogP contribution in [0, 0.1) is 13.8 Å². The first-order valence-electron chi connectivity index (χ1n) is 7.35. The minimum absolute atomic E-state index is 0.586. The van der Waals surface area contributed by atoms with Crippen molar-refractivity contribution in [3.63, 3.8) is 0 Å². The number of nitrogens with zero attached hydrogens (tertiary/aromatic N) is 4. The van der Waals surface area contributed by atoms with Crippen LogP contribution in [0.3, 0.4) is 0 Å². The molecule has 5 nitrogen and oxygen atoms in total. The van der Waals surface area contributed by atoms with Crippen LogP contribution >= 0.6 is 0 Å². The van der Waals surface area contributed by atoms with Crippen LogP contribution in [-0.2, 0) is 13.6 Å². The molecule has 3 heterocycles. The second-order valence-electron chi connectivity index (χ2n) is 5.92. The maximum Gasteiger partial charge on any atom is 0.0537 e. The Bertz CT molecular complexity index is 583. The molecule has 1 N–H and O–H groups in total. The van der Waals surface area contributed by atoms with Crippen molar-refractivity contribution >= 4 is 0 Å². The molecule has 1 aliphatic heterocycles. The lowest BCUT2D eigenvalue weighted by molar-refractivity contribution is 0.198. The van der Waals surface area contributed by atoms with E-state index in [0.717, 1.165) is 13.1 Å². The molecule has 1 aliphatic rings. The van der Waals surface area contributed by atoms with Crippen molar-refractivity contribution in [2.24, 2.45) is 7.05 Å². The van der Waals surface area contributed by atoms with Gasteiger partial charge in [0.15, 0.2) is 0 Å². The van der Waals surface area contributed by atoms with Gasteiger partial charge in [-0.2, -0.15) is 10.2 Å². The number of nitrogens with one attached hydrogen (secondary N) is 1. The van der Waals surface area contributed by atoms with Gasteiger partial charge in [-0.1, -0.05) is 0 Å². The van der Waals surface area contributed by atoms with E-state index < -0.39 is 0 Å². The molecule has 5 heteroatoms. The first-order chi connectivity index (χ1) is 9.65. The average Bonchev–Trinajstić information content (AvgIpc) is 3.00. The highest BCUT2D eigenvalue weighted by Crippen LogP contribution is 2.28. The minimum atomic E-state index is 0.586. The Labute approximate surface area is 120 Å². The van der Waals surface area contributed by atoms with Crippen LogP contribution < -0.4 is 0 Å². The standard InChI is InChI=1S/C15H23N5/c1-11-7-16-18-15(11)13-5-4-6-20(9-13)10-14-8-17-19(3)12(14)2/h7-8,13H,4-6,9-10H2,1-3H3,(H,16,18). The van der Waals surface area contributed by atoms with Crippen molar-refractivity contribution in [3.05, 3.63) is 34.9 Å². The number of H-pyrrole nitrogens is 1. The summed E-state index contributed by atoms with van der Waals surface area (Å²) in [4.78, 5) is 2.54. The molecule has 0 aliphatic carbocycles. The van der Waals surface area contributed by atoms with Gasteiger partial charge in [0, 0.05) is 43.0 Å². The molecule has 0 radical (unpaired) electrons. The van der Waals surface area contributed by atoms with Crippen molar-refractivity contribution in [1.29, 1.82) is 0 Å². The number of hydrogen-bond donors (Lipinski definition) is 1. The van der Waals surface area contributed by atoms with Crippen LogP contribution in [0.2, 0.25) is 0 Å². The summed E-state index contributed by atoms with van der Waals surface area (Å²) in [6.45, 7) is 7.57. The van der Waals surface area contributed by atoms with Crippen LogP contribution in [0.15, 0.2) is 12.4 Å². The van der Waals surface area contributed by atoms with Gasteiger partial charge in [0.25, 0.3) is 0 Å². The summed E-state index contributed by atoms with van der Waals surface area (Å²) in [6, 6.07) is 0. The maximum absolute atomic E-state index is 4.34. The van der Waals surface area contributed by atoms with Crippen molar-refractivity contribution in [3.8, 4) is 0 Å². The summed E-state index contributed by atoms with van der Waals surface area (Å²) >= 11 is 0. The lowest BCUT2D eigenvalue weighted by Crippen LogP contribution is -2.34. The van der Waals surface area contributed by atoms with Gasteiger partial charge in [-0.3, -0.25) is 14.7 Å². The van der Waals surface area contributed by atoms with E-state index in [0.29, 0.717) is 5.92 Å². The van der Waals surface area contributed by atoms with E-state index in [-0.39, 0.29) is 0 Å². The fourth-order valence-electron chi connectivity index (χ4n) is 3.14. The number of rotatable bonds is 3. The fourth-order valence-corrected chi connectivity index (χ4v) is 3.14. The molecule has 0 spiro atoms. The smallest absolute Gasteiger partial charge is 0.0537 e. The fraction of sp³-hybridized carbons (Fsp3) is 0.600. The summed E-state index contributed by atoms with van der Waals surface area (Å²) in [6.07, 6.45) is 6.44. The molecular weight excluding hydrogens is 250 g/mol. The summed E-state index contributed by atoms with van der Waals surface area (Å²) in [7, 11) is 2.01. The van der Waals surface area contributed by atoms with Gasteiger partial charge in [-0.15, -0.1) is 0 Å². The molecule has 1 saturated heterocycles. The normalized spacial score (nSPS) is 20.4. The van der Waals surface area contributed by atoms with Gasteiger partial charge in [-0.05, 0) is 38.8 Å².